The van der Waals surface area contributed by atoms with Crippen LogP contribution in [-0.2, 0) is 14.3 Å². The van der Waals surface area contributed by atoms with Gasteiger partial charge in [0.2, 0.25) is 5.91 Å². The second-order valence-electron chi connectivity index (χ2n) is 5.12. The largest absolute Gasteiger partial charge is 0.493 e. The molecule has 8 heteroatoms. The smallest absolute Gasteiger partial charge is 0.239 e. The van der Waals surface area contributed by atoms with Gasteiger partial charge >= 0.3 is 0 Å². The number of hydrogen-bond acceptors (Lipinski definition) is 5. The number of ether oxygens (including phenoxy) is 3. The second-order valence-corrected chi connectivity index (χ2v) is 5.12. The van der Waals surface area contributed by atoms with Gasteiger partial charge in [-0.3, -0.25) is 9.79 Å². The van der Waals surface area contributed by atoms with E-state index in [-0.39, 0.29) is 12.5 Å². The highest BCUT2D eigenvalue weighted by Gasteiger charge is 2.04. The predicted octanol–water partition coefficient (Wildman–Crippen LogP) is 0.852. The number of carbonyl (C=O) groups is 1. The summed E-state index contributed by atoms with van der Waals surface area (Å²) in [7, 11) is 4.90. The van der Waals surface area contributed by atoms with Crippen molar-refractivity contribution in [2.45, 2.75) is 6.42 Å². The maximum Gasteiger partial charge on any atom is 0.239 e. The molecular weight excluding hydrogens is 324 g/mol. The molecule has 0 aliphatic rings. The lowest BCUT2D eigenvalue weighted by molar-refractivity contribution is -0.120. The summed E-state index contributed by atoms with van der Waals surface area (Å²) >= 11 is 0. The van der Waals surface area contributed by atoms with Crippen LogP contribution >= 0.6 is 0 Å². The number of rotatable bonds is 11. The molecule has 0 aliphatic carbocycles. The third kappa shape index (κ3) is 9.53. The number of anilines is 1. The monoisotopic (exact) mass is 352 g/mol. The zero-order valence-corrected chi connectivity index (χ0v) is 15.1. The molecule has 1 aromatic rings. The highest BCUT2D eigenvalue weighted by atomic mass is 16.5. The Morgan fingerprint density at radius 2 is 1.92 bits per heavy atom. The fourth-order valence-corrected chi connectivity index (χ4v) is 1.89. The minimum Gasteiger partial charge on any atom is -0.493 e. The maximum atomic E-state index is 11.7. The molecule has 1 rings (SSSR count). The number of amides is 1. The van der Waals surface area contributed by atoms with Crippen LogP contribution in [0.2, 0.25) is 0 Å². The molecular formula is C17H28N4O4. The summed E-state index contributed by atoms with van der Waals surface area (Å²) in [5.74, 6) is 1.13. The molecule has 25 heavy (non-hydrogen) atoms. The first-order chi connectivity index (χ1) is 12.2. The molecule has 0 saturated heterocycles. The van der Waals surface area contributed by atoms with E-state index in [0.29, 0.717) is 32.3 Å². The van der Waals surface area contributed by atoms with E-state index in [1.807, 2.05) is 24.3 Å². The minimum atomic E-state index is -0.129. The average molecular weight is 352 g/mol. The molecule has 0 aromatic heterocycles. The van der Waals surface area contributed by atoms with E-state index in [1.54, 1.807) is 21.3 Å². The van der Waals surface area contributed by atoms with Gasteiger partial charge in [-0.25, -0.2) is 0 Å². The van der Waals surface area contributed by atoms with Crippen LogP contribution in [0.3, 0.4) is 0 Å². The number of nitrogens with one attached hydrogen (secondary N) is 3. The van der Waals surface area contributed by atoms with Gasteiger partial charge in [-0.2, -0.15) is 0 Å². The number of carbonyl (C=O) groups excluding carboxylic acids is 1. The van der Waals surface area contributed by atoms with E-state index in [1.165, 1.54) is 0 Å². The Morgan fingerprint density at radius 3 is 2.64 bits per heavy atom. The van der Waals surface area contributed by atoms with Crippen molar-refractivity contribution in [3.63, 3.8) is 0 Å². The molecule has 0 bridgehead atoms. The van der Waals surface area contributed by atoms with Crippen LogP contribution in [0.5, 0.6) is 5.75 Å². The van der Waals surface area contributed by atoms with Crippen LogP contribution in [0.4, 0.5) is 5.69 Å². The Balaban J connectivity index is 2.42. The Hall–Kier alpha value is -2.32. The minimum absolute atomic E-state index is 0.122. The molecule has 3 N–H and O–H groups in total. The second kappa shape index (κ2) is 13.0. The van der Waals surface area contributed by atoms with Gasteiger partial charge in [-0.1, -0.05) is 6.07 Å². The summed E-state index contributed by atoms with van der Waals surface area (Å²) in [4.78, 5) is 15.8. The van der Waals surface area contributed by atoms with Gasteiger partial charge in [-0.05, 0) is 12.1 Å². The van der Waals surface area contributed by atoms with Gasteiger partial charge in [0.15, 0.2) is 5.96 Å². The molecule has 0 radical (unpaired) electrons. The summed E-state index contributed by atoms with van der Waals surface area (Å²) in [6.45, 7) is 2.34. The number of aliphatic imine (C=N–C) groups is 1. The summed E-state index contributed by atoms with van der Waals surface area (Å²) < 4.78 is 15.5. The summed E-state index contributed by atoms with van der Waals surface area (Å²) in [6.07, 6.45) is 0.829. The van der Waals surface area contributed by atoms with Gasteiger partial charge in [0.1, 0.15) is 5.75 Å². The van der Waals surface area contributed by atoms with Crippen molar-refractivity contribution in [2.24, 2.45) is 4.99 Å². The fraction of sp³-hybridized carbons (Fsp3) is 0.529. The molecule has 0 unspecified atom stereocenters. The fourth-order valence-electron chi connectivity index (χ4n) is 1.89. The van der Waals surface area contributed by atoms with E-state index in [4.69, 9.17) is 14.2 Å². The first-order valence-electron chi connectivity index (χ1n) is 8.14. The zero-order chi connectivity index (χ0) is 18.3. The van der Waals surface area contributed by atoms with Crippen molar-refractivity contribution < 1.29 is 19.0 Å². The van der Waals surface area contributed by atoms with Crippen LogP contribution in [-0.4, -0.2) is 66.0 Å². The molecule has 8 nitrogen and oxygen atoms in total. The first-order valence-corrected chi connectivity index (χ1v) is 8.14. The van der Waals surface area contributed by atoms with Crippen LogP contribution in [0.25, 0.3) is 0 Å². The van der Waals surface area contributed by atoms with Crippen molar-refractivity contribution in [1.29, 1.82) is 0 Å². The van der Waals surface area contributed by atoms with Crippen LogP contribution < -0.4 is 20.7 Å². The third-order valence-corrected chi connectivity index (χ3v) is 3.13. The Bertz CT molecular complexity index is 537. The van der Waals surface area contributed by atoms with E-state index in [0.717, 1.165) is 17.9 Å². The lowest BCUT2D eigenvalue weighted by Crippen LogP contribution is -2.40. The average Bonchev–Trinajstić information content (AvgIpc) is 2.63. The highest BCUT2D eigenvalue weighted by molar-refractivity contribution is 5.95. The molecule has 0 fully saturated rings. The highest BCUT2D eigenvalue weighted by Crippen LogP contribution is 2.17. The predicted molar refractivity (Wildman–Crippen MR) is 98.3 cm³/mol. The lowest BCUT2D eigenvalue weighted by Gasteiger charge is -2.13. The Morgan fingerprint density at radius 1 is 1.12 bits per heavy atom. The van der Waals surface area contributed by atoms with E-state index >= 15 is 0 Å². The first kappa shape index (κ1) is 20.7. The number of methoxy groups -OCH3 is 2. The van der Waals surface area contributed by atoms with Gasteiger partial charge in [0.05, 0.1) is 19.8 Å². The number of guanidine groups is 1. The normalized spacial score (nSPS) is 11.1. The Kier molecular flexibility index (Phi) is 10.8. The van der Waals surface area contributed by atoms with Gasteiger partial charge in [0, 0.05) is 52.6 Å². The van der Waals surface area contributed by atoms with Gasteiger partial charge in [-0.15, -0.1) is 0 Å². The summed E-state index contributed by atoms with van der Waals surface area (Å²) in [6, 6.07) is 7.54. The molecule has 1 aromatic carbocycles. The SMILES string of the molecule is CN=C(NCC(=O)NCCOC)Nc1cccc(OCCCOC)c1. The topological polar surface area (TPSA) is 93.2 Å². The van der Waals surface area contributed by atoms with Crippen LogP contribution in [0.1, 0.15) is 6.42 Å². The maximum absolute atomic E-state index is 11.7. The zero-order valence-electron chi connectivity index (χ0n) is 15.1. The van der Waals surface area contributed by atoms with Crippen molar-refractivity contribution in [3.05, 3.63) is 24.3 Å². The molecule has 0 saturated carbocycles. The molecule has 0 aliphatic heterocycles. The number of nitrogens with zero attached hydrogens (tertiary/aromatic N) is 1. The van der Waals surface area contributed by atoms with Gasteiger partial charge in [0.25, 0.3) is 0 Å². The number of benzene rings is 1. The molecule has 1 amide bonds. The van der Waals surface area contributed by atoms with Crippen LogP contribution in [0.15, 0.2) is 29.3 Å². The van der Waals surface area contributed by atoms with E-state index < -0.39 is 0 Å². The van der Waals surface area contributed by atoms with Crippen molar-refractivity contribution >= 4 is 17.6 Å². The van der Waals surface area contributed by atoms with Crippen molar-refractivity contribution in [2.75, 3.05) is 59.5 Å². The summed E-state index contributed by atoms with van der Waals surface area (Å²) in [5, 5.41) is 8.81. The van der Waals surface area contributed by atoms with Gasteiger partial charge < -0.3 is 30.2 Å². The van der Waals surface area contributed by atoms with E-state index in [2.05, 4.69) is 20.9 Å². The molecule has 0 heterocycles. The quantitative estimate of drug-likeness (QED) is 0.311. The van der Waals surface area contributed by atoms with E-state index in [9.17, 15) is 4.79 Å². The van der Waals surface area contributed by atoms with Crippen molar-refractivity contribution in [3.8, 4) is 5.75 Å². The van der Waals surface area contributed by atoms with Crippen molar-refractivity contribution in [1.82, 2.24) is 10.6 Å². The standard InChI is InChI=1S/C17H28N4O4/c1-18-17(20-13-16(22)19-8-11-24-3)21-14-6-4-7-15(12-14)25-10-5-9-23-2/h4,6-7,12H,5,8-11,13H2,1-3H3,(H,19,22)(H2,18,20,21). The summed E-state index contributed by atoms with van der Waals surface area (Å²) in [5.41, 5.74) is 0.817. The Labute approximate surface area is 148 Å². The molecule has 140 valence electrons. The lowest BCUT2D eigenvalue weighted by atomic mass is 10.3. The molecule has 0 atom stereocenters. The number of hydrogen-bond donors (Lipinski definition) is 3. The molecule has 0 spiro atoms. The third-order valence-electron chi connectivity index (χ3n) is 3.13. The van der Waals surface area contributed by atoms with Crippen LogP contribution in [0, 0.1) is 0 Å².